The van der Waals surface area contributed by atoms with Gasteiger partial charge >= 0.3 is 6.18 Å². The van der Waals surface area contributed by atoms with Crippen LogP contribution in [-0.2, 0) is 9.53 Å². The summed E-state index contributed by atoms with van der Waals surface area (Å²) in [4.78, 5) is 12.3. The Bertz CT molecular complexity index is 355. The maximum absolute atomic E-state index is 12.2. The van der Waals surface area contributed by atoms with Crippen LogP contribution in [-0.4, -0.2) is 36.8 Å². The summed E-state index contributed by atoms with van der Waals surface area (Å²) < 4.78 is 41.1. The number of nitrogens with two attached hydrogens (primary N) is 1. The Morgan fingerprint density at radius 1 is 1.30 bits per heavy atom. The molecular formula is C12H19F3N2O2S. The number of rotatable bonds is 6. The number of ether oxygens (including phenoxy) is 1. The highest BCUT2D eigenvalue weighted by molar-refractivity contribution is 7.80. The molecule has 0 bridgehead atoms. The van der Waals surface area contributed by atoms with E-state index < -0.39 is 18.0 Å². The van der Waals surface area contributed by atoms with Gasteiger partial charge in [-0.25, -0.2) is 0 Å². The molecule has 0 aromatic rings. The van der Waals surface area contributed by atoms with Crippen molar-refractivity contribution >= 4 is 23.1 Å². The monoisotopic (exact) mass is 312 g/mol. The zero-order chi connectivity index (χ0) is 15.2. The Hall–Kier alpha value is -0.890. The second-order valence-corrected chi connectivity index (χ2v) is 5.33. The van der Waals surface area contributed by atoms with E-state index in [0.717, 1.165) is 0 Å². The van der Waals surface area contributed by atoms with E-state index in [2.05, 4.69) is 5.32 Å². The first-order chi connectivity index (χ1) is 9.28. The third-order valence-electron chi connectivity index (χ3n) is 3.43. The number of carbonyl (C=O) groups is 1. The molecule has 0 radical (unpaired) electrons. The van der Waals surface area contributed by atoms with E-state index in [-0.39, 0.29) is 30.3 Å². The van der Waals surface area contributed by atoms with Gasteiger partial charge in [0.25, 0.3) is 0 Å². The largest absolute Gasteiger partial charge is 0.392 e. The predicted octanol–water partition coefficient (Wildman–Crippen LogP) is 1.92. The van der Waals surface area contributed by atoms with E-state index in [1.54, 1.807) is 0 Å². The van der Waals surface area contributed by atoms with E-state index >= 15 is 0 Å². The fraction of sp³-hybridized carbons (Fsp3) is 0.833. The van der Waals surface area contributed by atoms with E-state index in [0.29, 0.717) is 26.1 Å². The maximum Gasteiger partial charge on any atom is 0.389 e. The third kappa shape index (κ3) is 4.90. The van der Waals surface area contributed by atoms with Crippen molar-refractivity contribution in [2.45, 2.75) is 38.3 Å². The first-order valence-electron chi connectivity index (χ1n) is 6.51. The Kier molecular flexibility index (Phi) is 6.19. The molecule has 1 amide bonds. The summed E-state index contributed by atoms with van der Waals surface area (Å²) >= 11 is 4.97. The van der Waals surface area contributed by atoms with Crippen molar-refractivity contribution in [1.82, 2.24) is 5.32 Å². The smallest absolute Gasteiger partial charge is 0.389 e. The molecule has 0 atom stereocenters. The average Bonchev–Trinajstić information content (AvgIpc) is 2.37. The van der Waals surface area contributed by atoms with Crippen LogP contribution in [0.2, 0.25) is 0 Å². The van der Waals surface area contributed by atoms with Gasteiger partial charge in [0.2, 0.25) is 5.91 Å². The topological polar surface area (TPSA) is 64.4 Å². The van der Waals surface area contributed by atoms with Crippen molar-refractivity contribution in [2.24, 2.45) is 11.1 Å². The van der Waals surface area contributed by atoms with Gasteiger partial charge in [-0.1, -0.05) is 12.2 Å². The number of nitrogens with one attached hydrogen (secondary N) is 1. The summed E-state index contributed by atoms with van der Waals surface area (Å²) in [6.45, 7) is 0.998. The Morgan fingerprint density at radius 2 is 1.90 bits per heavy atom. The van der Waals surface area contributed by atoms with Crippen LogP contribution in [0.1, 0.15) is 32.1 Å². The molecule has 0 unspecified atom stereocenters. The van der Waals surface area contributed by atoms with Crippen molar-refractivity contribution in [2.75, 3.05) is 19.8 Å². The minimum Gasteiger partial charge on any atom is -0.392 e. The Balaban J connectivity index is 2.38. The highest BCUT2D eigenvalue weighted by Crippen LogP contribution is 2.31. The molecule has 0 aromatic heterocycles. The molecule has 116 valence electrons. The third-order valence-corrected chi connectivity index (χ3v) is 3.82. The molecule has 20 heavy (non-hydrogen) atoms. The summed E-state index contributed by atoms with van der Waals surface area (Å²) in [5.74, 6) is -0.305. The van der Waals surface area contributed by atoms with E-state index in [4.69, 9.17) is 22.7 Å². The summed E-state index contributed by atoms with van der Waals surface area (Å²) in [5.41, 5.74) is 4.74. The summed E-state index contributed by atoms with van der Waals surface area (Å²) in [6, 6.07) is 0. The van der Waals surface area contributed by atoms with Gasteiger partial charge in [-0.05, 0) is 25.7 Å². The quantitative estimate of drug-likeness (QED) is 0.581. The van der Waals surface area contributed by atoms with E-state index in [9.17, 15) is 18.0 Å². The highest BCUT2D eigenvalue weighted by atomic mass is 32.1. The van der Waals surface area contributed by atoms with Crippen LogP contribution < -0.4 is 11.1 Å². The van der Waals surface area contributed by atoms with Gasteiger partial charge in [0.05, 0.1) is 4.99 Å². The standard InChI is InChI=1S/C12H19F3N2O2S/c13-12(14,15)3-1-2-6-17-10(18)11(9(16)20)4-7-19-8-5-11/h1-8H2,(H2,16,20)(H,17,18). The lowest BCUT2D eigenvalue weighted by Gasteiger charge is -2.34. The molecular weight excluding hydrogens is 293 g/mol. The van der Waals surface area contributed by atoms with Gasteiger partial charge in [-0.3, -0.25) is 4.79 Å². The number of thiocarbonyl (C=S) groups is 1. The van der Waals surface area contributed by atoms with E-state index in [1.165, 1.54) is 0 Å². The number of halogens is 3. The highest BCUT2D eigenvalue weighted by Gasteiger charge is 2.42. The van der Waals surface area contributed by atoms with Crippen LogP contribution in [0.25, 0.3) is 0 Å². The molecule has 4 nitrogen and oxygen atoms in total. The van der Waals surface area contributed by atoms with Crippen LogP contribution in [0.5, 0.6) is 0 Å². The van der Waals surface area contributed by atoms with Crippen molar-refractivity contribution in [3.63, 3.8) is 0 Å². The van der Waals surface area contributed by atoms with Gasteiger partial charge in [-0.2, -0.15) is 13.2 Å². The van der Waals surface area contributed by atoms with Crippen LogP contribution in [0.3, 0.4) is 0 Å². The molecule has 1 heterocycles. The number of amides is 1. The summed E-state index contributed by atoms with van der Waals surface area (Å²) in [5, 5.41) is 2.63. The molecule has 1 rings (SSSR count). The number of carbonyl (C=O) groups excluding carboxylic acids is 1. The fourth-order valence-corrected chi connectivity index (χ4v) is 2.42. The zero-order valence-corrected chi connectivity index (χ0v) is 11.9. The van der Waals surface area contributed by atoms with Crippen LogP contribution in [0.4, 0.5) is 13.2 Å². The lowest BCUT2D eigenvalue weighted by Crippen LogP contribution is -2.52. The number of hydrogen-bond acceptors (Lipinski definition) is 3. The number of unbranched alkanes of at least 4 members (excludes halogenated alkanes) is 1. The SMILES string of the molecule is NC(=S)C1(C(=O)NCCCCC(F)(F)F)CCOCC1. The van der Waals surface area contributed by atoms with E-state index in [1.807, 2.05) is 0 Å². The van der Waals surface area contributed by atoms with Crippen molar-refractivity contribution < 1.29 is 22.7 Å². The fourth-order valence-electron chi connectivity index (χ4n) is 2.13. The minimum absolute atomic E-state index is 0.00698. The second kappa shape index (κ2) is 7.21. The van der Waals surface area contributed by atoms with Crippen LogP contribution in [0, 0.1) is 5.41 Å². The summed E-state index contributed by atoms with van der Waals surface area (Å²) in [7, 11) is 0. The molecule has 1 aliphatic rings. The van der Waals surface area contributed by atoms with Crippen molar-refractivity contribution in [1.29, 1.82) is 0 Å². The van der Waals surface area contributed by atoms with Crippen LogP contribution >= 0.6 is 12.2 Å². The molecule has 0 aromatic carbocycles. The normalized spacial score (nSPS) is 18.6. The molecule has 1 fully saturated rings. The molecule has 8 heteroatoms. The molecule has 1 aliphatic heterocycles. The van der Waals surface area contributed by atoms with Gasteiger partial charge in [0.1, 0.15) is 5.41 Å². The lowest BCUT2D eigenvalue weighted by molar-refractivity contribution is -0.135. The van der Waals surface area contributed by atoms with Gasteiger partial charge in [0, 0.05) is 26.2 Å². The summed E-state index contributed by atoms with van der Waals surface area (Å²) in [6.07, 6.45) is -3.89. The van der Waals surface area contributed by atoms with Gasteiger partial charge < -0.3 is 15.8 Å². The molecule has 0 spiro atoms. The Labute approximate surface area is 121 Å². The predicted molar refractivity (Wildman–Crippen MR) is 72.2 cm³/mol. The number of alkyl halides is 3. The molecule has 0 saturated carbocycles. The second-order valence-electron chi connectivity index (χ2n) is 4.89. The zero-order valence-electron chi connectivity index (χ0n) is 11.1. The first-order valence-corrected chi connectivity index (χ1v) is 6.91. The van der Waals surface area contributed by atoms with Gasteiger partial charge in [0.15, 0.2) is 0 Å². The minimum atomic E-state index is -4.15. The Morgan fingerprint density at radius 3 is 2.40 bits per heavy atom. The number of hydrogen-bond donors (Lipinski definition) is 2. The molecule has 1 saturated heterocycles. The average molecular weight is 312 g/mol. The molecule has 0 aliphatic carbocycles. The lowest BCUT2D eigenvalue weighted by atomic mass is 9.79. The first kappa shape index (κ1) is 17.2. The van der Waals surface area contributed by atoms with Crippen molar-refractivity contribution in [3.8, 4) is 0 Å². The van der Waals surface area contributed by atoms with Gasteiger partial charge in [-0.15, -0.1) is 0 Å². The maximum atomic E-state index is 12.2. The molecule has 3 N–H and O–H groups in total. The van der Waals surface area contributed by atoms with Crippen LogP contribution in [0.15, 0.2) is 0 Å². The van der Waals surface area contributed by atoms with Crippen molar-refractivity contribution in [3.05, 3.63) is 0 Å².